The van der Waals surface area contributed by atoms with Crippen LogP contribution in [0.15, 0.2) is 237 Å². The van der Waals surface area contributed by atoms with E-state index in [2.05, 4.69) is 235 Å². The van der Waals surface area contributed by atoms with Gasteiger partial charge in [-0.15, -0.1) is 0 Å². The van der Waals surface area contributed by atoms with Crippen molar-refractivity contribution in [3.8, 4) is 72.9 Å². The van der Waals surface area contributed by atoms with E-state index in [0.29, 0.717) is 22.8 Å². The molecule has 1 aliphatic rings. The molecular weight excluding hydrogens is 889 g/mol. The molecule has 0 fully saturated rings. The molecule has 0 saturated heterocycles. The SMILES string of the molecule is CCC(C)c1ccc(C(=O)c2ccc(Oc3c(-c4ccccc4)cc(C4(c5cc(-c6ccccc6)c(OC(C)C)c(-c6cccc(C)c6)c5)c5ccccc5-c5ccccc54)cc3-c3ccccc3)cc2)cc1. The molecule has 3 heteroatoms. The molecule has 0 radical (unpaired) electrons. The Morgan fingerprint density at radius 1 is 0.438 bits per heavy atom. The Balaban J connectivity index is 1.18. The molecule has 0 aromatic heterocycles. The lowest BCUT2D eigenvalue weighted by Crippen LogP contribution is -2.29. The van der Waals surface area contributed by atoms with Gasteiger partial charge in [0, 0.05) is 33.4 Å². The van der Waals surface area contributed by atoms with Crippen molar-refractivity contribution in [2.24, 2.45) is 0 Å². The van der Waals surface area contributed by atoms with E-state index in [9.17, 15) is 4.79 Å². The summed E-state index contributed by atoms with van der Waals surface area (Å²) in [5.41, 5.74) is 18.0. The van der Waals surface area contributed by atoms with Gasteiger partial charge in [-0.1, -0.05) is 207 Å². The second kappa shape index (κ2) is 19.9. The third-order valence-corrected chi connectivity index (χ3v) is 14.6. The Morgan fingerprint density at radius 2 is 0.863 bits per heavy atom. The molecule has 10 aromatic carbocycles. The summed E-state index contributed by atoms with van der Waals surface area (Å²) in [6.07, 6.45) is 0.974. The zero-order chi connectivity index (χ0) is 50.1. The van der Waals surface area contributed by atoms with Crippen molar-refractivity contribution in [1.82, 2.24) is 0 Å². The highest BCUT2D eigenvalue weighted by molar-refractivity contribution is 6.09. The van der Waals surface area contributed by atoms with Crippen LogP contribution in [-0.2, 0) is 5.41 Å². The van der Waals surface area contributed by atoms with E-state index in [1.165, 1.54) is 33.4 Å². The van der Waals surface area contributed by atoms with Gasteiger partial charge in [0.25, 0.3) is 0 Å². The van der Waals surface area contributed by atoms with Crippen LogP contribution in [0.5, 0.6) is 17.2 Å². The minimum absolute atomic E-state index is 0.0197. The number of carbonyl (C=O) groups excluding carboxylic acids is 1. The molecule has 0 spiro atoms. The highest BCUT2D eigenvalue weighted by atomic mass is 16.5. The molecule has 3 nitrogen and oxygen atoms in total. The summed E-state index contributed by atoms with van der Waals surface area (Å²) in [4.78, 5) is 13.9. The van der Waals surface area contributed by atoms with Crippen molar-refractivity contribution >= 4 is 5.78 Å². The molecule has 0 saturated carbocycles. The summed E-state index contributed by atoms with van der Waals surface area (Å²) in [5, 5.41) is 0. The number of hydrogen-bond acceptors (Lipinski definition) is 3. The molecule has 0 N–H and O–H groups in total. The first-order valence-corrected chi connectivity index (χ1v) is 25.6. The van der Waals surface area contributed by atoms with E-state index in [1.54, 1.807) is 0 Å². The van der Waals surface area contributed by atoms with Crippen molar-refractivity contribution < 1.29 is 14.3 Å². The van der Waals surface area contributed by atoms with Crippen molar-refractivity contribution in [3.05, 3.63) is 281 Å². The molecule has 0 bridgehead atoms. The topological polar surface area (TPSA) is 35.5 Å². The van der Waals surface area contributed by atoms with Gasteiger partial charge in [-0.2, -0.15) is 0 Å². The number of hydrogen-bond donors (Lipinski definition) is 0. The average molecular weight is 947 g/mol. The maximum Gasteiger partial charge on any atom is 0.193 e. The van der Waals surface area contributed by atoms with Crippen LogP contribution in [0.2, 0.25) is 0 Å². The number of ether oxygens (including phenoxy) is 2. The Bertz CT molecular complexity index is 3490. The van der Waals surface area contributed by atoms with Crippen LogP contribution in [-0.4, -0.2) is 11.9 Å². The molecule has 11 rings (SSSR count). The van der Waals surface area contributed by atoms with E-state index in [0.717, 1.165) is 73.6 Å². The summed E-state index contributed by atoms with van der Waals surface area (Å²) < 4.78 is 14.2. The van der Waals surface area contributed by atoms with E-state index in [1.807, 2.05) is 36.4 Å². The highest BCUT2D eigenvalue weighted by Crippen LogP contribution is 2.59. The lowest BCUT2D eigenvalue weighted by Gasteiger charge is -2.36. The van der Waals surface area contributed by atoms with Gasteiger partial charge in [-0.05, 0) is 143 Å². The molecule has 73 heavy (non-hydrogen) atoms. The lowest BCUT2D eigenvalue weighted by molar-refractivity contribution is 0.103. The van der Waals surface area contributed by atoms with E-state index >= 15 is 0 Å². The number of fused-ring (bicyclic) bond motifs is 3. The van der Waals surface area contributed by atoms with Crippen LogP contribution >= 0.6 is 0 Å². The van der Waals surface area contributed by atoms with Gasteiger partial charge in [0.2, 0.25) is 0 Å². The van der Waals surface area contributed by atoms with E-state index in [4.69, 9.17) is 9.47 Å². The Kier molecular flexibility index (Phi) is 12.8. The first-order chi connectivity index (χ1) is 35.7. The van der Waals surface area contributed by atoms with Crippen LogP contribution in [0.1, 0.15) is 89.3 Å². The Hall–Kier alpha value is -8.53. The fourth-order valence-corrected chi connectivity index (χ4v) is 10.9. The third-order valence-electron chi connectivity index (χ3n) is 14.6. The summed E-state index contributed by atoms with van der Waals surface area (Å²) >= 11 is 0. The summed E-state index contributed by atoms with van der Waals surface area (Å²) in [5.74, 6) is 2.63. The second-order valence-corrected chi connectivity index (χ2v) is 19.7. The summed E-state index contributed by atoms with van der Waals surface area (Å²) in [7, 11) is 0. The number of ketones is 1. The normalized spacial score (nSPS) is 12.7. The Morgan fingerprint density at radius 3 is 1.33 bits per heavy atom. The predicted molar refractivity (Wildman–Crippen MR) is 301 cm³/mol. The fourth-order valence-electron chi connectivity index (χ4n) is 10.9. The molecule has 10 aromatic rings. The molecule has 1 atom stereocenters. The summed E-state index contributed by atoms with van der Waals surface area (Å²) in [6.45, 7) is 10.8. The van der Waals surface area contributed by atoms with Crippen molar-refractivity contribution in [3.63, 3.8) is 0 Å². The number of benzene rings is 10. The van der Waals surface area contributed by atoms with Gasteiger partial charge in [-0.25, -0.2) is 0 Å². The minimum atomic E-state index is -0.827. The number of aryl methyl sites for hydroxylation is 1. The third kappa shape index (κ3) is 8.76. The zero-order valence-corrected chi connectivity index (χ0v) is 42.1. The van der Waals surface area contributed by atoms with Crippen LogP contribution < -0.4 is 9.47 Å². The van der Waals surface area contributed by atoms with Gasteiger partial charge >= 0.3 is 0 Å². The van der Waals surface area contributed by atoms with Crippen molar-refractivity contribution in [2.45, 2.75) is 58.5 Å². The molecule has 1 unspecified atom stereocenters. The van der Waals surface area contributed by atoms with Gasteiger partial charge in [0.05, 0.1) is 11.5 Å². The Labute approximate surface area is 430 Å². The van der Waals surface area contributed by atoms with Gasteiger partial charge in [-0.3, -0.25) is 4.79 Å². The van der Waals surface area contributed by atoms with Gasteiger partial charge in [0.1, 0.15) is 17.2 Å². The monoisotopic (exact) mass is 946 g/mol. The predicted octanol–water partition coefficient (Wildman–Crippen LogP) is 18.4. The van der Waals surface area contributed by atoms with Gasteiger partial charge < -0.3 is 9.47 Å². The molecule has 356 valence electrons. The second-order valence-electron chi connectivity index (χ2n) is 19.7. The van der Waals surface area contributed by atoms with Gasteiger partial charge in [0.15, 0.2) is 5.78 Å². The maximum atomic E-state index is 13.9. The largest absolute Gasteiger partial charge is 0.490 e. The van der Waals surface area contributed by atoms with Crippen LogP contribution in [0.3, 0.4) is 0 Å². The molecule has 0 amide bonds. The highest BCUT2D eigenvalue weighted by Gasteiger charge is 2.47. The standard InChI is InChI=1S/C70H58O3/c1-6-48(5)49-33-35-53(36-34-49)67(71)54-37-39-58(40-38-54)73-69-62(51-24-12-8-13-25-51)43-56(44-63(69)52-26-14-9-15-27-52)70(65-31-18-16-29-59(65)60-30-17-19-32-66(60)70)57-42-61(50-22-10-7-11-23-50)68(72-46(2)3)64(45-57)55-28-20-21-47(4)41-55/h7-46,48H,6H2,1-5H3. The van der Waals surface area contributed by atoms with Crippen LogP contribution in [0, 0.1) is 6.92 Å². The molecule has 0 aliphatic heterocycles. The zero-order valence-electron chi connectivity index (χ0n) is 42.1. The minimum Gasteiger partial charge on any atom is -0.490 e. The first-order valence-electron chi connectivity index (χ1n) is 25.6. The average Bonchev–Trinajstić information content (AvgIpc) is 3.74. The van der Waals surface area contributed by atoms with Crippen molar-refractivity contribution in [2.75, 3.05) is 0 Å². The number of carbonyl (C=O) groups is 1. The molecule has 1 aliphatic carbocycles. The van der Waals surface area contributed by atoms with E-state index in [-0.39, 0.29) is 11.9 Å². The van der Waals surface area contributed by atoms with E-state index < -0.39 is 5.41 Å². The maximum absolute atomic E-state index is 13.9. The van der Waals surface area contributed by atoms with Crippen LogP contribution in [0.25, 0.3) is 55.6 Å². The lowest BCUT2D eigenvalue weighted by atomic mass is 9.66. The molecular formula is C70H58O3. The fraction of sp³-hybridized carbons (Fsp3) is 0.129. The number of rotatable bonds is 14. The smallest absolute Gasteiger partial charge is 0.193 e. The first kappa shape index (κ1) is 46.8. The quantitative estimate of drug-likeness (QED) is 0.102. The molecule has 0 heterocycles. The van der Waals surface area contributed by atoms with Crippen molar-refractivity contribution in [1.29, 1.82) is 0 Å². The van der Waals surface area contributed by atoms with Crippen LogP contribution in [0.4, 0.5) is 0 Å². The summed E-state index contributed by atoms with van der Waals surface area (Å²) in [6, 6.07) is 83.6.